The lowest BCUT2D eigenvalue weighted by atomic mass is 9.85. The van der Waals surface area contributed by atoms with Crippen molar-refractivity contribution in [2.24, 2.45) is 11.8 Å². The average molecular weight is 306 g/mol. The van der Waals surface area contributed by atoms with E-state index in [1.165, 1.54) is 18.9 Å². The minimum Gasteiger partial charge on any atom is -0.339 e. The summed E-state index contributed by atoms with van der Waals surface area (Å²) >= 11 is 0. The van der Waals surface area contributed by atoms with Crippen molar-refractivity contribution in [2.75, 3.05) is 20.1 Å². The van der Waals surface area contributed by atoms with E-state index in [9.17, 15) is 9.18 Å². The predicted octanol–water partition coefficient (Wildman–Crippen LogP) is 3.37. The van der Waals surface area contributed by atoms with Crippen LogP contribution in [0.15, 0.2) is 24.3 Å². The predicted molar refractivity (Wildman–Crippen MR) is 87.0 cm³/mol. The first kappa shape index (κ1) is 16.9. The number of nitrogens with zero attached hydrogens (tertiary/aromatic N) is 1. The maximum atomic E-state index is 13.9. The van der Waals surface area contributed by atoms with Crippen molar-refractivity contribution in [1.29, 1.82) is 0 Å². The third-order valence-electron chi connectivity index (χ3n) is 4.97. The second-order valence-corrected chi connectivity index (χ2v) is 6.49. The molecule has 1 fully saturated rings. The molecule has 1 aliphatic rings. The number of hydrogen-bond acceptors (Lipinski definition) is 2. The molecule has 0 saturated carbocycles. The van der Waals surface area contributed by atoms with Gasteiger partial charge in [0.15, 0.2) is 0 Å². The second kappa shape index (κ2) is 7.73. The summed E-state index contributed by atoms with van der Waals surface area (Å²) in [6, 6.07) is 6.43. The van der Waals surface area contributed by atoms with Gasteiger partial charge in [-0.05, 0) is 50.8 Å². The Labute approximate surface area is 132 Å². The first-order chi connectivity index (χ1) is 10.5. The van der Waals surface area contributed by atoms with E-state index < -0.39 is 0 Å². The molecule has 1 aromatic carbocycles. The Morgan fingerprint density at radius 3 is 2.77 bits per heavy atom. The highest BCUT2D eigenvalue weighted by Gasteiger charge is 2.25. The van der Waals surface area contributed by atoms with E-state index in [0.717, 1.165) is 13.1 Å². The van der Waals surface area contributed by atoms with E-state index in [1.807, 2.05) is 13.0 Å². The molecule has 22 heavy (non-hydrogen) atoms. The summed E-state index contributed by atoms with van der Waals surface area (Å²) in [4.78, 5) is 14.2. The number of hydrogen-bond donors (Lipinski definition) is 1. The van der Waals surface area contributed by atoms with E-state index in [0.29, 0.717) is 23.8 Å². The Kier molecular flexibility index (Phi) is 5.95. The lowest BCUT2D eigenvalue weighted by molar-refractivity contribution is -0.133. The summed E-state index contributed by atoms with van der Waals surface area (Å²) in [6.45, 7) is 6.11. The summed E-state index contributed by atoms with van der Waals surface area (Å²) in [5.74, 6) is 0.762. The molecule has 0 aromatic heterocycles. The number of carbonyl (C=O) groups excluding carboxylic acids is 1. The maximum Gasteiger partial charge on any atom is 0.223 e. The SMILES string of the molecule is CC(CC(=O)N(C)C(C)c1ccccc1F)C1CCCNC1. The number of nitrogens with one attached hydrogen (secondary N) is 1. The molecule has 1 N–H and O–H groups in total. The minimum atomic E-state index is -0.251. The summed E-state index contributed by atoms with van der Waals surface area (Å²) in [7, 11) is 1.77. The Bertz CT molecular complexity index is 500. The number of benzene rings is 1. The van der Waals surface area contributed by atoms with Gasteiger partial charge in [-0.15, -0.1) is 0 Å². The zero-order valence-electron chi connectivity index (χ0n) is 13.8. The normalized spacial score (nSPS) is 21.2. The van der Waals surface area contributed by atoms with Gasteiger partial charge in [-0.25, -0.2) is 4.39 Å². The van der Waals surface area contributed by atoms with Crippen LogP contribution in [0, 0.1) is 17.7 Å². The largest absolute Gasteiger partial charge is 0.339 e. The zero-order chi connectivity index (χ0) is 16.1. The van der Waals surface area contributed by atoms with Crippen LogP contribution in [0.5, 0.6) is 0 Å². The fraction of sp³-hybridized carbons (Fsp3) is 0.611. The summed E-state index contributed by atoms with van der Waals surface area (Å²) in [5, 5.41) is 3.40. The molecule has 122 valence electrons. The number of rotatable bonds is 5. The van der Waals surface area contributed by atoms with Crippen LogP contribution in [-0.4, -0.2) is 30.9 Å². The van der Waals surface area contributed by atoms with Gasteiger partial charge in [-0.2, -0.15) is 0 Å². The van der Waals surface area contributed by atoms with Gasteiger partial charge in [0, 0.05) is 19.0 Å². The molecular weight excluding hydrogens is 279 g/mol. The van der Waals surface area contributed by atoms with Crippen molar-refractivity contribution in [3.05, 3.63) is 35.6 Å². The molecule has 1 saturated heterocycles. The standard InChI is InChI=1S/C18H27FN2O/c1-13(15-7-6-10-20-12-15)11-18(22)21(3)14(2)16-8-4-5-9-17(16)19/h4-5,8-9,13-15,20H,6-7,10-12H2,1-3H3. The third kappa shape index (κ3) is 4.07. The van der Waals surface area contributed by atoms with Crippen LogP contribution in [0.2, 0.25) is 0 Å². The van der Waals surface area contributed by atoms with Crippen LogP contribution in [0.1, 0.15) is 44.7 Å². The van der Waals surface area contributed by atoms with Crippen molar-refractivity contribution >= 4 is 5.91 Å². The molecule has 3 atom stereocenters. The Hall–Kier alpha value is -1.42. The molecule has 3 unspecified atom stereocenters. The first-order valence-electron chi connectivity index (χ1n) is 8.21. The van der Waals surface area contributed by atoms with Crippen LogP contribution in [-0.2, 0) is 4.79 Å². The van der Waals surface area contributed by atoms with Crippen molar-refractivity contribution in [3.63, 3.8) is 0 Å². The molecule has 1 aromatic rings. The number of carbonyl (C=O) groups is 1. The molecule has 0 radical (unpaired) electrons. The highest BCUT2D eigenvalue weighted by Crippen LogP contribution is 2.26. The molecule has 4 heteroatoms. The molecule has 1 aliphatic heterocycles. The van der Waals surface area contributed by atoms with Crippen molar-refractivity contribution in [1.82, 2.24) is 10.2 Å². The topological polar surface area (TPSA) is 32.3 Å². The van der Waals surface area contributed by atoms with E-state index in [2.05, 4.69) is 12.2 Å². The van der Waals surface area contributed by atoms with Gasteiger partial charge in [0.2, 0.25) is 5.91 Å². The van der Waals surface area contributed by atoms with Crippen molar-refractivity contribution in [2.45, 2.75) is 39.2 Å². The molecular formula is C18H27FN2O. The van der Waals surface area contributed by atoms with Gasteiger partial charge in [0.25, 0.3) is 0 Å². The van der Waals surface area contributed by atoms with E-state index in [-0.39, 0.29) is 17.8 Å². The average Bonchev–Trinajstić information content (AvgIpc) is 2.54. The highest BCUT2D eigenvalue weighted by atomic mass is 19.1. The van der Waals surface area contributed by atoms with Crippen molar-refractivity contribution in [3.8, 4) is 0 Å². The monoisotopic (exact) mass is 306 g/mol. The van der Waals surface area contributed by atoms with E-state index in [1.54, 1.807) is 24.1 Å². The lowest BCUT2D eigenvalue weighted by Gasteiger charge is -2.31. The van der Waals surface area contributed by atoms with E-state index >= 15 is 0 Å². The van der Waals surface area contributed by atoms with Crippen LogP contribution >= 0.6 is 0 Å². The fourth-order valence-corrected chi connectivity index (χ4v) is 3.19. The van der Waals surface area contributed by atoms with E-state index in [4.69, 9.17) is 0 Å². The van der Waals surface area contributed by atoms with Crippen LogP contribution in [0.4, 0.5) is 4.39 Å². The summed E-state index contributed by atoms with van der Waals surface area (Å²) in [5.41, 5.74) is 0.574. The zero-order valence-corrected chi connectivity index (χ0v) is 13.8. The van der Waals surface area contributed by atoms with Gasteiger partial charge >= 0.3 is 0 Å². The molecule has 2 rings (SSSR count). The third-order valence-corrected chi connectivity index (χ3v) is 4.97. The molecule has 1 heterocycles. The second-order valence-electron chi connectivity index (χ2n) is 6.49. The van der Waals surface area contributed by atoms with Gasteiger partial charge in [-0.3, -0.25) is 4.79 Å². The quantitative estimate of drug-likeness (QED) is 0.904. The Balaban J connectivity index is 1.95. The van der Waals surface area contributed by atoms with Gasteiger partial charge in [-0.1, -0.05) is 25.1 Å². The lowest BCUT2D eigenvalue weighted by Crippen LogP contribution is -2.36. The molecule has 3 nitrogen and oxygen atoms in total. The molecule has 0 bridgehead atoms. The number of halogens is 1. The van der Waals surface area contributed by atoms with Crippen LogP contribution in [0.25, 0.3) is 0 Å². The highest BCUT2D eigenvalue weighted by molar-refractivity contribution is 5.76. The Morgan fingerprint density at radius 1 is 1.41 bits per heavy atom. The summed E-state index contributed by atoms with van der Waals surface area (Å²) < 4.78 is 13.9. The smallest absolute Gasteiger partial charge is 0.223 e. The van der Waals surface area contributed by atoms with Crippen LogP contribution < -0.4 is 5.32 Å². The van der Waals surface area contributed by atoms with Gasteiger partial charge in [0.05, 0.1) is 6.04 Å². The molecule has 0 spiro atoms. The maximum absolute atomic E-state index is 13.9. The van der Waals surface area contributed by atoms with Gasteiger partial charge in [0.1, 0.15) is 5.82 Å². The molecule has 1 amide bonds. The van der Waals surface area contributed by atoms with Crippen LogP contribution in [0.3, 0.4) is 0 Å². The van der Waals surface area contributed by atoms with Gasteiger partial charge < -0.3 is 10.2 Å². The first-order valence-corrected chi connectivity index (χ1v) is 8.21. The molecule has 0 aliphatic carbocycles. The Morgan fingerprint density at radius 2 is 2.14 bits per heavy atom. The fourth-order valence-electron chi connectivity index (χ4n) is 3.19. The minimum absolute atomic E-state index is 0.0915. The number of piperidine rings is 1. The number of amides is 1. The van der Waals surface area contributed by atoms with Crippen molar-refractivity contribution < 1.29 is 9.18 Å². The summed E-state index contributed by atoms with van der Waals surface area (Å²) in [6.07, 6.45) is 2.90.